The molecule has 2 amide bonds. The van der Waals surface area contributed by atoms with Crippen LogP contribution in [0.2, 0.25) is 0 Å². The van der Waals surface area contributed by atoms with Gasteiger partial charge in [0.05, 0.1) is 0 Å². The maximum Gasteiger partial charge on any atom is 0.261 e. The van der Waals surface area contributed by atoms with Gasteiger partial charge in [-0.2, -0.15) is 0 Å². The van der Waals surface area contributed by atoms with Crippen LogP contribution in [0.15, 0.2) is 54.6 Å². The predicted molar refractivity (Wildman–Crippen MR) is 131 cm³/mol. The third-order valence-electron chi connectivity index (χ3n) is 5.71. The van der Waals surface area contributed by atoms with Crippen molar-refractivity contribution in [2.24, 2.45) is 0 Å². The van der Waals surface area contributed by atoms with Gasteiger partial charge in [-0.25, -0.2) is 0 Å². The van der Waals surface area contributed by atoms with Crippen LogP contribution < -0.4 is 10.1 Å². The molecule has 6 heteroatoms. The van der Waals surface area contributed by atoms with E-state index in [-0.39, 0.29) is 24.5 Å². The van der Waals surface area contributed by atoms with Crippen molar-refractivity contribution < 1.29 is 14.3 Å². The number of carbonyl (C=O) groups excluding carboxylic acids is 2. The van der Waals surface area contributed by atoms with E-state index in [1.54, 1.807) is 4.90 Å². The van der Waals surface area contributed by atoms with Crippen molar-refractivity contribution in [3.8, 4) is 5.75 Å². The lowest BCUT2D eigenvalue weighted by Gasteiger charge is -2.32. The quantitative estimate of drug-likeness (QED) is 0.465. The molecule has 0 aliphatic heterocycles. The molecular weight excluding hydrogens is 503 g/mol. The van der Waals surface area contributed by atoms with Gasteiger partial charge in [0.25, 0.3) is 5.91 Å². The van der Waals surface area contributed by atoms with Crippen molar-refractivity contribution in [2.45, 2.75) is 64.1 Å². The lowest BCUT2D eigenvalue weighted by molar-refractivity contribution is -0.143. The first-order valence-electron chi connectivity index (χ1n) is 11.1. The molecule has 1 N–H and O–H groups in total. The summed E-state index contributed by atoms with van der Waals surface area (Å²) in [5.41, 5.74) is 0.994. The minimum absolute atomic E-state index is 0.0621. The van der Waals surface area contributed by atoms with Crippen LogP contribution in [0.25, 0.3) is 0 Å². The molecule has 31 heavy (non-hydrogen) atoms. The summed E-state index contributed by atoms with van der Waals surface area (Å²) >= 11 is 2.23. The highest BCUT2D eigenvalue weighted by molar-refractivity contribution is 14.1. The van der Waals surface area contributed by atoms with Crippen LogP contribution in [0.5, 0.6) is 5.75 Å². The number of amides is 2. The molecule has 166 valence electrons. The monoisotopic (exact) mass is 534 g/mol. The number of ether oxygens (including phenoxy) is 1. The zero-order chi connectivity index (χ0) is 22.1. The lowest BCUT2D eigenvalue weighted by atomic mass is 9.95. The summed E-state index contributed by atoms with van der Waals surface area (Å²) in [6.45, 7) is 2.24. The van der Waals surface area contributed by atoms with Gasteiger partial charge in [0.2, 0.25) is 5.91 Å². The molecule has 2 aromatic carbocycles. The molecule has 1 saturated carbocycles. The van der Waals surface area contributed by atoms with Gasteiger partial charge >= 0.3 is 0 Å². The maximum atomic E-state index is 13.2. The van der Waals surface area contributed by atoms with E-state index < -0.39 is 6.04 Å². The Labute approximate surface area is 198 Å². The number of nitrogens with zero attached hydrogens (tertiary/aromatic N) is 1. The van der Waals surface area contributed by atoms with Crippen molar-refractivity contribution >= 4 is 34.4 Å². The molecule has 0 heterocycles. The van der Waals surface area contributed by atoms with E-state index in [1.165, 1.54) is 6.42 Å². The molecule has 0 spiro atoms. The maximum absolute atomic E-state index is 13.2. The summed E-state index contributed by atoms with van der Waals surface area (Å²) in [5.74, 6) is 0.397. The smallest absolute Gasteiger partial charge is 0.261 e. The van der Waals surface area contributed by atoms with Crippen LogP contribution in [-0.2, 0) is 16.1 Å². The van der Waals surface area contributed by atoms with Crippen LogP contribution in [0.3, 0.4) is 0 Å². The van der Waals surface area contributed by atoms with Gasteiger partial charge in [0.1, 0.15) is 11.8 Å². The number of carbonyl (C=O) groups is 2. The number of nitrogens with one attached hydrogen (secondary N) is 1. The van der Waals surface area contributed by atoms with Gasteiger partial charge in [0, 0.05) is 16.2 Å². The first-order chi connectivity index (χ1) is 15.1. The van der Waals surface area contributed by atoms with Crippen LogP contribution in [-0.4, -0.2) is 35.4 Å². The summed E-state index contributed by atoms with van der Waals surface area (Å²) in [7, 11) is 0. The van der Waals surface area contributed by atoms with Gasteiger partial charge in [-0.1, -0.05) is 56.5 Å². The van der Waals surface area contributed by atoms with E-state index in [9.17, 15) is 9.59 Å². The fourth-order valence-corrected chi connectivity index (χ4v) is 4.36. The first kappa shape index (κ1) is 23.6. The average Bonchev–Trinajstić information content (AvgIpc) is 2.79. The van der Waals surface area contributed by atoms with Gasteiger partial charge in [0.15, 0.2) is 6.61 Å². The standard InChI is InChI=1S/C25H31IN2O3/c1-2-23(25(30)27-21-11-7-4-8-12-21)28(17-19-9-5-3-6-10-19)24(29)18-31-22-15-13-20(26)14-16-22/h3,5-6,9-10,13-16,21,23H,2,4,7-8,11-12,17-18H2,1H3,(H,27,30)/t23-/m1/s1. The second-order valence-electron chi connectivity index (χ2n) is 8.02. The molecule has 1 aliphatic rings. The van der Waals surface area contributed by atoms with Crippen molar-refractivity contribution in [3.05, 3.63) is 63.7 Å². The summed E-state index contributed by atoms with van der Waals surface area (Å²) in [5, 5.41) is 3.20. The Kier molecular flexibility index (Phi) is 9.18. The van der Waals surface area contributed by atoms with Crippen molar-refractivity contribution in [1.29, 1.82) is 0 Å². The highest BCUT2D eigenvalue weighted by atomic mass is 127. The molecule has 1 atom stereocenters. The van der Waals surface area contributed by atoms with E-state index in [0.29, 0.717) is 18.7 Å². The van der Waals surface area contributed by atoms with Crippen LogP contribution in [0.4, 0.5) is 0 Å². The Hall–Kier alpha value is -2.09. The Morgan fingerprint density at radius 2 is 1.74 bits per heavy atom. The molecule has 5 nitrogen and oxygen atoms in total. The third kappa shape index (κ3) is 7.23. The zero-order valence-corrected chi connectivity index (χ0v) is 20.2. The topological polar surface area (TPSA) is 58.6 Å². The second-order valence-corrected chi connectivity index (χ2v) is 9.26. The first-order valence-corrected chi connectivity index (χ1v) is 12.2. The number of halogens is 1. The van der Waals surface area contributed by atoms with E-state index >= 15 is 0 Å². The fourth-order valence-electron chi connectivity index (χ4n) is 4.00. The molecule has 0 aromatic heterocycles. The average molecular weight is 534 g/mol. The Balaban J connectivity index is 1.72. The van der Waals surface area contributed by atoms with Gasteiger partial charge in [-0.05, 0) is 71.7 Å². The number of rotatable bonds is 9. The van der Waals surface area contributed by atoms with Gasteiger partial charge in [-0.15, -0.1) is 0 Å². The van der Waals surface area contributed by atoms with Crippen molar-refractivity contribution in [1.82, 2.24) is 10.2 Å². The van der Waals surface area contributed by atoms with E-state index in [2.05, 4.69) is 27.9 Å². The van der Waals surface area contributed by atoms with Crippen LogP contribution >= 0.6 is 22.6 Å². The zero-order valence-electron chi connectivity index (χ0n) is 18.1. The highest BCUT2D eigenvalue weighted by Crippen LogP contribution is 2.19. The summed E-state index contributed by atoms with van der Waals surface area (Å²) in [4.78, 5) is 28.0. The molecule has 0 bridgehead atoms. The molecule has 0 unspecified atom stereocenters. The fraction of sp³-hybridized carbons (Fsp3) is 0.440. The lowest BCUT2D eigenvalue weighted by Crippen LogP contribution is -2.52. The minimum Gasteiger partial charge on any atom is -0.484 e. The normalized spacial score (nSPS) is 15.2. The predicted octanol–water partition coefficient (Wildman–Crippen LogP) is 4.93. The Bertz CT molecular complexity index is 836. The Morgan fingerprint density at radius 3 is 2.39 bits per heavy atom. The Morgan fingerprint density at radius 1 is 1.06 bits per heavy atom. The van der Waals surface area contributed by atoms with Crippen molar-refractivity contribution in [3.63, 3.8) is 0 Å². The van der Waals surface area contributed by atoms with Crippen LogP contribution in [0, 0.1) is 3.57 Å². The summed E-state index contributed by atoms with van der Waals surface area (Å²) in [6, 6.07) is 17.1. The SMILES string of the molecule is CC[C@H](C(=O)NC1CCCCC1)N(Cc1ccccc1)C(=O)COc1ccc(I)cc1. The summed E-state index contributed by atoms with van der Waals surface area (Å²) in [6.07, 6.45) is 6.13. The van der Waals surface area contributed by atoms with E-state index in [0.717, 1.165) is 34.8 Å². The number of benzene rings is 2. The van der Waals surface area contributed by atoms with E-state index in [4.69, 9.17) is 4.74 Å². The molecule has 1 aliphatic carbocycles. The summed E-state index contributed by atoms with van der Waals surface area (Å²) < 4.78 is 6.84. The molecular formula is C25H31IN2O3. The molecule has 0 radical (unpaired) electrons. The van der Waals surface area contributed by atoms with Crippen molar-refractivity contribution in [2.75, 3.05) is 6.61 Å². The largest absolute Gasteiger partial charge is 0.484 e. The number of hydrogen-bond donors (Lipinski definition) is 1. The molecule has 2 aromatic rings. The number of hydrogen-bond acceptors (Lipinski definition) is 3. The molecule has 1 fully saturated rings. The molecule has 3 rings (SSSR count). The van der Waals surface area contributed by atoms with E-state index in [1.807, 2.05) is 61.5 Å². The second kappa shape index (κ2) is 12.1. The third-order valence-corrected chi connectivity index (χ3v) is 6.43. The highest BCUT2D eigenvalue weighted by Gasteiger charge is 2.30. The molecule has 0 saturated heterocycles. The van der Waals surface area contributed by atoms with Gasteiger partial charge in [-0.3, -0.25) is 9.59 Å². The minimum atomic E-state index is -0.519. The van der Waals surface area contributed by atoms with Crippen LogP contribution in [0.1, 0.15) is 51.0 Å². The van der Waals surface area contributed by atoms with Gasteiger partial charge < -0.3 is 15.0 Å².